The lowest BCUT2D eigenvalue weighted by molar-refractivity contribution is -0.385. The first-order valence-corrected chi connectivity index (χ1v) is 12.1. The molecule has 0 aliphatic carbocycles. The third-order valence-electron chi connectivity index (χ3n) is 5.62. The van der Waals surface area contributed by atoms with Gasteiger partial charge in [-0.05, 0) is 30.2 Å². The number of para-hydroxylation sites is 2. The number of aryl methyl sites for hydroxylation is 1. The smallest absolute Gasteiger partial charge is 0.270 e. The number of benzene rings is 3. The largest absolute Gasteiger partial charge is 0.352 e. The number of anilines is 2. The van der Waals surface area contributed by atoms with Gasteiger partial charge in [0.05, 0.1) is 27.6 Å². The molecule has 3 aromatic carbocycles. The lowest BCUT2D eigenvalue weighted by atomic mass is 10.1. The van der Waals surface area contributed by atoms with Crippen LogP contribution in [0.2, 0.25) is 0 Å². The second kappa shape index (κ2) is 9.55. The number of amides is 2. The van der Waals surface area contributed by atoms with Crippen LogP contribution in [0.4, 0.5) is 17.1 Å². The molecule has 0 aromatic heterocycles. The molecule has 1 aliphatic rings. The molecule has 1 atom stereocenters. The van der Waals surface area contributed by atoms with Gasteiger partial charge in [0.1, 0.15) is 6.04 Å². The fourth-order valence-electron chi connectivity index (χ4n) is 3.87. The molecule has 3 aromatic rings. The summed E-state index contributed by atoms with van der Waals surface area (Å²) in [6.07, 6.45) is -0.444. The van der Waals surface area contributed by atoms with Crippen LogP contribution in [0.3, 0.4) is 0 Å². The maximum absolute atomic E-state index is 13.9. The van der Waals surface area contributed by atoms with E-state index >= 15 is 0 Å². The number of non-ortho nitro benzene ring substituents is 1. The van der Waals surface area contributed by atoms with E-state index in [1.54, 1.807) is 18.2 Å². The molecule has 180 valence electrons. The standard InChI is InChI=1S/C24H22N4O6S/c1-16-11-12-18(28(31)32)13-22(16)35(33,34)27-20-10-6-5-9-19(20)26-24(30)21(27)14-23(29)25-15-17-7-3-2-4-8-17/h2-13,21H,14-15H2,1H3,(H,25,29)(H,26,30). The van der Waals surface area contributed by atoms with Gasteiger partial charge < -0.3 is 10.6 Å². The van der Waals surface area contributed by atoms with Gasteiger partial charge in [-0.3, -0.25) is 24.0 Å². The molecule has 4 rings (SSSR count). The van der Waals surface area contributed by atoms with Crippen LogP contribution in [0, 0.1) is 17.0 Å². The third kappa shape index (κ3) is 4.85. The highest BCUT2D eigenvalue weighted by Crippen LogP contribution is 2.38. The Morgan fingerprint density at radius 2 is 1.77 bits per heavy atom. The number of fused-ring (bicyclic) bond motifs is 1. The van der Waals surface area contributed by atoms with Crippen LogP contribution < -0.4 is 14.9 Å². The number of carbonyl (C=O) groups is 2. The normalized spacial score (nSPS) is 15.2. The van der Waals surface area contributed by atoms with Gasteiger partial charge in [0.2, 0.25) is 11.8 Å². The van der Waals surface area contributed by atoms with E-state index in [-0.39, 0.29) is 28.4 Å². The van der Waals surface area contributed by atoms with Gasteiger partial charge in [-0.1, -0.05) is 48.5 Å². The zero-order valence-electron chi connectivity index (χ0n) is 18.7. The molecular formula is C24H22N4O6S. The number of nitro groups is 1. The highest BCUT2D eigenvalue weighted by Gasteiger charge is 2.42. The quantitative estimate of drug-likeness (QED) is 0.382. The summed E-state index contributed by atoms with van der Waals surface area (Å²) in [7, 11) is -4.47. The van der Waals surface area contributed by atoms with Crippen molar-refractivity contribution in [2.24, 2.45) is 0 Å². The summed E-state index contributed by atoms with van der Waals surface area (Å²) >= 11 is 0. The topological polar surface area (TPSA) is 139 Å². The molecule has 10 nitrogen and oxygen atoms in total. The van der Waals surface area contributed by atoms with Crippen molar-refractivity contribution in [1.82, 2.24) is 5.32 Å². The van der Waals surface area contributed by atoms with Gasteiger partial charge in [0.25, 0.3) is 15.7 Å². The van der Waals surface area contributed by atoms with E-state index in [1.165, 1.54) is 25.1 Å². The van der Waals surface area contributed by atoms with Crippen molar-refractivity contribution in [3.05, 3.63) is 94.0 Å². The summed E-state index contributed by atoms with van der Waals surface area (Å²) in [6, 6.07) is 17.5. The molecule has 0 radical (unpaired) electrons. The molecule has 1 aliphatic heterocycles. The van der Waals surface area contributed by atoms with Gasteiger partial charge >= 0.3 is 0 Å². The van der Waals surface area contributed by atoms with Crippen LogP contribution in [0.25, 0.3) is 0 Å². The predicted octanol–water partition coefficient (Wildman–Crippen LogP) is 3.13. The summed E-state index contributed by atoms with van der Waals surface area (Å²) < 4.78 is 28.6. The number of rotatable bonds is 7. The molecule has 1 heterocycles. The van der Waals surface area contributed by atoms with E-state index < -0.39 is 44.9 Å². The van der Waals surface area contributed by atoms with Gasteiger partial charge in [-0.2, -0.15) is 0 Å². The van der Waals surface area contributed by atoms with Crippen molar-refractivity contribution >= 4 is 38.9 Å². The Hall–Kier alpha value is -4.25. The minimum atomic E-state index is -4.47. The number of nitro benzene ring substituents is 1. The molecule has 0 saturated carbocycles. The summed E-state index contributed by atoms with van der Waals surface area (Å²) in [4.78, 5) is 36.1. The number of hydrogen-bond donors (Lipinski definition) is 2. The number of nitrogens with zero attached hydrogens (tertiary/aromatic N) is 2. The molecule has 0 saturated heterocycles. The highest BCUT2D eigenvalue weighted by molar-refractivity contribution is 7.93. The fourth-order valence-corrected chi connectivity index (χ4v) is 5.74. The van der Waals surface area contributed by atoms with E-state index in [0.717, 1.165) is 15.9 Å². The number of carbonyl (C=O) groups excluding carboxylic acids is 2. The monoisotopic (exact) mass is 494 g/mol. The van der Waals surface area contributed by atoms with Crippen molar-refractivity contribution in [2.45, 2.75) is 30.8 Å². The van der Waals surface area contributed by atoms with Crippen LogP contribution in [0.15, 0.2) is 77.7 Å². The minimum absolute atomic E-state index is 0.166. The van der Waals surface area contributed by atoms with Crippen molar-refractivity contribution in [3.63, 3.8) is 0 Å². The molecule has 0 bridgehead atoms. The van der Waals surface area contributed by atoms with Crippen LogP contribution in [-0.2, 0) is 26.2 Å². The summed E-state index contributed by atoms with van der Waals surface area (Å²) in [5.74, 6) is -1.20. The molecular weight excluding hydrogens is 472 g/mol. The van der Waals surface area contributed by atoms with E-state index in [1.807, 2.05) is 30.3 Å². The molecule has 0 spiro atoms. The van der Waals surface area contributed by atoms with Gasteiger partial charge in [-0.25, -0.2) is 8.42 Å². The van der Waals surface area contributed by atoms with Gasteiger partial charge in [-0.15, -0.1) is 0 Å². The first-order chi connectivity index (χ1) is 16.7. The van der Waals surface area contributed by atoms with E-state index in [0.29, 0.717) is 0 Å². The van der Waals surface area contributed by atoms with Crippen LogP contribution in [-0.4, -0.2) is 31.2 Å². The SMILES string of the molecule is Cc1ccc([N+](=O)[O-])cc1S(=O)(=O)N1c2ccccc2NC(=O)C1CC(=O)NCc1ccccc1. The van der Waals surface area contributed by atoms with Crippen molar-refractivity contribution in [1.29, 1.82) is 0 Å². The molecule has 1 unspecified atom stereocenters. The van der Waals surface area contributed by atoms with E-state index in [4.69, 9.17) is 0 Å². The number of nitrogens with one attached hydrogen (secondary N) is 2. The number of hydrogen-bond acceptors (Lipinski definition) is 6. The first kappa shape index (κ1) is 23.9. The molecule has 35 heavy (non-hydrogen) atoms. The Kier molecular flexibility index (Phi) is 6.52. The number of sulfonamides is 1. The van der Waals surface area contributed by atoms with Crippen LogP contribution in [0.5, 0.6) is 0 Å². The minimum Gasteiger partial charge on any atom is -0.352 e. The second-order valence-electron chi connectivity index (χ2n) is 8.00. The van der Waals surface area contributed by atoms with E-state index in [9.17, 15) is 28.1 Å². The predicted molar refractivity (Wildman–Crippen MR) is 129 cm³/mol. The molecule has 2 N–H and O–H groups in total. The summed E-state index contributed by atoms with van der Waals surface area (Å²) in [6.45, 7) is 1.72. The second-order valence-corrected chi connectivity index (χ2v) is 9.78. The molecule has 2 amide bonds. The average Bonchev–Trinajstić information content (AvgIpc) is 2.83. The molecule has 0 fully saturated rings. The van der Waals surface area contributed by atoms with Gasteiger partial charge in [0, 0.05) is 18.7 Å². The lowest BCUT2D eigenvalue weighted by Crippen LogP contribution is -2.52. The van der Waals surface area contributed by atoms with Crippen molar-refractivity contribution in [2.75, 3.05) is 9.62 Å². The Labute approximate surface area is 201 Å². The Morgan fingerprint density at radius 3 is 2.49 bits per heavy atom. The van der Waals surface area contributed by atoms with E-state index in [2.05, 4.69) is 10.6 Å². The maximum Gasteiger partial charge on any atom is 0.270 e. The highest BCUT2D eigenvalue weighted by atomic mass is 32.2. The Bertz CT molecular complexity index is 1410. The summed E-state index contributed by atoms with van der Waals surface area (Å²) in [5, 5.41) is 16.7. The zero-order chi connectivity index (χ0) is 25.2. The van der Waals surface area contributed by atoms with Crippen LogP contribution >= 0.6 is 0 Å². The average molecular weight is 495 g/mol. The Morgan fingerprint density at radius 1 is 1.09 bits per heavy atom. The van der Waals surface area contributed by atoms with Crippen molar-refractivity contribution in [3.8, 4) is 0 Å². The fraction of sp³-hybridized carbons (Fsp3) is 0.167. The Balaban J connectivity index is 1.72. The lowest BCUT2D eigenvalue weighted by Gasteiger charge is -2.37. The first-order valence-electron chi connectivity index (χ1n) is 10.7. The third-order valence-corrected chi connectivity index (χ3v) is 7.58. The molecule has 11 heteroatoms. The summed E-state index contributed by atoms with van der Waals surface area (Å²) in [5.41, 5.74) is 1.13. The van der Waals surface area contributed by atoms with Gasteiger partial charge in [0.15, 0.2) is 0 Å². The maximum atomic E-state index is 13.9. The van der Waals surface area contributed by atoms with Crippen LogP contribution in [0.1, 0.15) is 17.5 Å². The van der Waals surface area contributed by atoms with Crippen molar-refractivity contribution < 1.29 is 22.9 Å². The zero-order valence-corrected chi connectivity index (χ0v) is 19.5.